The molecule has 0 radical (unpaired) electrons. The van der Waals surface area contributed by atoms with E-state index in [9.17, 15) is 0 Å². The number of ether oxygens (including phenoxy) is 1. The Morgan fingerprint density at radius 2 is 2.22 bits per heavy atom. The Morgan fingerprint density at radius 3 is 2.89 bits per heavy atom. The second-order valence-electron chi connectivity index (χ2n) is 5.69. The lowest BCUT2D eigenvalue weighted by molar-refractivity contribution is 0.128. The average molecular weight is 253 g/mol. The van der Waals surface area contributed by atoms with Crippen molar-refractivity contribution in [1.82, 2.24) is 10.2 Å². The molecular weight excluding hydrogens is 226 g/mol. The van der Waals surface area contributed by atoms with Crippen LogP contribution in [-0.4, -0.2) is 50.8 Å². The second-order valence-corrected chi connectivity index (χ2v) is 5.69. The summed E-state index contributed by atoms with van der Waals surface area (Å²) in [5, 5.41) is 3.40. The van der Waals surface area contributed by atoms with Crippen molar-refractivity contribution < 1.29 is 4.74 Å². The lowest BCUT2D eigenvalue weighted by Crippen LogP contribution is -2.46. The van der Waals surface area contributed by atoms with Crippen LogP contribution in [0, 0.1) is 11.8 Å². The van der Waals surface area contributed by atoms with Crippen molar-refractivity contribution in [2.24, 2.45) is 16.8 Å². The lowest BCUT2D eigenvalue weighted by Gasteiger charge is -2.33. The predicted molar refractivity (Wildman–Crippen MR) is 74.9 cm³/mol. The van der Waals surface area contributed by atoms with Crippen LogP contribution in [0.25, 0.3) is 0 Å². The van der Waals surface area contributed by atoms with Crippen molar-refractivity contribution in [1.29, 1.82) is 0 Å². The minimum Gasteiger partial charge on any atom is -0.379 e. The van der Waals surface area contributed by atoms with Gasteiger partial charge in [0, 0.05) is 33.3 Å². The highest BCUT2D eigenvalue weighted by atomic mass is 16.5. The fourth-order valence-electron chi connectivity index (χ4n) is 2.48. The van der Waals surface area contributed by atoms with Crippen molar-refractivity contribution in [2.75, 3.05) is 39.9 Å². The van der Waals surface area contributed by atoms with Crippen LogP contribution in [0.4, 0.5) is 0 Å². The Balaban J connectivity index is 1.61. The van der Waals surface area contributed by atoms with Crippen LogP contribution in [0.2, 0.25) is 0 Å². The highest BCUT2D eigenvalue weighted by Crippen LogP contribution is 2.28. The van der Waals surface area contributed by atoms with E-state index in [0.717, 1.165) is 50.6 Å². The van der Waals surface area contributed by atoms with Crippen LogP contribution < -0.4 is 5.32 Å². The number of aliphatic imine (C=N–C) groups is 1. The maximum atomic E-state index is 5.62. The SMILES string of the molecule is CN=C(NCCOCC1CC1)N1CCCC(C)C1. The van der Waals surface area contributed by atoms with Crippen molar-refractivity contribution in [3.05, 3.63) is 0 Å². The number of hydrogen-bond acceptors (Lipinski definition) is 2. The summed E-state index contributed by atoms with van der Waals surface area (Å²) >= 11 is 0. The number of guanidine groups is 1. The normalized spacial score (nSPS) is 25.3. The van der Waals surface area contributed by atoms with Gasteiger partial charge in [-0.2, -0.15) is 0 Å². The molecule has 1 N–H and O–H groups in total. The molecule has 0 aromatic heterocycles. The van der Waals surface area contributed by atoms with Gasteiger partial charge in [-0.25, -0.2) is 0 Å². The first-order valence-corrected chi connectivity index (χ1v) is 7.33. The highest BCUT2D eigenvalue weighted by Gasteiger charge is 2.21. The first-order valence-electron chi connectivity index (χ1n) is 7.33. The second kappa shape index (κ2) is 6.98. The Morgan fingerprint density at radius 1 is 1.39 bits per heavy atom. The maximum absolute atomic E-state index is 5.62. The van der Waals surface area contributed by atoms with Crippen LogP contribution in [0.5, 0.6) is 0 Å². The van der Waals surface area contributed by atoms with Gasteiger partial charge in [0.15, 0.2) is 5.96 Å². The minimum atomic E-state index is 0.781. The number of rotatable bonds is 5. The summed E-state index contributed by atoms with van der Waals surface area (Å²) in [7, 11) is 1.87. The van der Waals surface area contributed by atoms with Crippen molar-refractivity contribution in [3.63, 3.8) is 0 Å². The third-order valence-electron chi connectivity index (χ3n) is 3.75. The molecule has 2 aliphatic rings. The molecule has 1 atom stereocenters. The third kappa shape index (κ3) is 4.48. The summed E-state index contributed by atoms with van der Waals surface area (Å²) in [6.45, 7) is 7.18. The van der Waals surface area contributed by atoms with E-state index < -0.39 is 0 Å². The third-order valence-corrected chi connectivity index (χ3v) is 3.75. The first-order chi connectivity index (χ1) is 8.79. The predicted octanol–water partition coefficient (Wildman–Crippen LogP) is 1.72. The van der Waals surface area contributed by atoms with Gasteiger partial charge in [0.05, 0.1) is 6.61 Å². The van der Waals surface area contributed by atoms with Gasteiger partial charge in [-0.3, -0.25) is 4.99 Å². The Bertz CT molecular complexity index is 276. The molecule has 0 spiro atoms. The lowest BCUT2D eigenvalue weighted by atomic mass is 10.0. The molecule has 1 heterocycles. The number of nitrogens with one attached hydrogen (secondary N) is 1. The zero-order chi connectivity index (χ0) is 12.8. The zero-order valence-electron chi connectivity index (χ0n) is 11.8. The van der Waals surface area contributed by atoms with Gasteiger partial charge in [0.1, 0.15) is 0 Å². The Kier molecular flexibility index (Phi) is 5.29. The van der Waals surface area contributed by atoms with Gasteiger partial charge in [-0.05, 0) is 37.5 Å². The number of hydrogen-bond donors (Lipinski definition) is 1. The molecule has 0 bridgehead atoms. The van der Waals surface area contributed by atoms with Gasteiger partial charge in [0.2, 0.25) is 0 Å². The first kappa shape index (κ1) is 13.7. The monoisotopic (exact) mass is 253 g/mol. The molecule has 0 aromatic carbocycles. The molecule has 18 heavy (non-hydrogen) atoms. The van der Waals surface area contributed by atoms with E-state index in [1.807, 2.05) is 7.05 Å². The summed E-state index contributed by atoms with van der Waals surface area (Å²) in [6.07, 6.45) is 5.35. The van der Waals surface area contributed by atoms with Gasteiger partial charge in [-0.1, -0.05) is 6.92 Å². The number of likely N-dealkylation sites (tertiary alicyclic amines) is 1. The molecule has 2 rings (SSSR count). The van der Waals surface area contributed by atoms with E-state index in [1.165, 1.54) is 25.7 Å². The van der Waals surface area contributed by atoms with Crippen LogP contribution in [-0.2, 0) is 4.74 Å². The molecule has 1 aliphatic carbocycles. The molecule has 2 fully saturated rings. The quantitative estimate of drug-likeness (QED) is 0.460. The smallest absolute Gasteiger partial charge is 0.193 e. The van der Waals surface area contributed by atoms with E-state index in [-0.39, 0.29) is 0 Å². The summed E-state index contributed by atoms with van der Waals surface area (Å²) in [5.74, 6) is 2.67. The van der Waals surface area contributed by atoms with E-state index in [0.29, 0.717) is 0 Å². The van der Waals surface area contributed by atoms with Crippen molar-refractivity contribution >= 4 is 5.96 Å². The molecule has 1 saturated heterocycles. The standard InChI is InChI=1S/C14H27N3O/c1-12-4-3-8-17(10-12)14(15-2)16-7-9-18-11-13-5-6-13/h12-13H,3-11H2,1-2H3,(H,15,16). The van der Waals surface area contributed by atoms with Gasteiger partial charge < -0.3 is 15.0 Å². The topological polar surface area (TPSA) is 36.9 Å². The van der Waals surface area contributed by atoms with E-state index in [2.05, 4.69) is 22.1 Å². The molecule has 1 saturated carbocycles. The highest BCUT2D eigenvalue weighted by molar-refractivity contribution is 5.79. The van der Waals surface area contributed by atoms with Crippen LogP contribution in [0.3, 0.4) is 0 Å². The van der Waals surface area contributed by atoms with Crippen molar-refractivity contribution in [2.45, 2.75) is 32.6 Å². The maximum Gasteiger partial charge on any atom is 0.193 e. The van der Waals surface area contributed by atoms with E-state index in [4.69, 9.17) is 4.74 Å². The fourth-order valence-corrected chi connectivity index (χ4v) is 2.48. The van der Waals surface area contributed by atoms with Crippen LogP contribution in [0.1, 0.15) is 32.6 Å². The molecule has 104 valence electrons. The zero-order valence-corrected chi connectivity index (χ0v) is 11.8. The Labute approximate surface area is 111 Å². The van der Waals surface area contributed by atoms with E-state index >= 15 is 0 Å². The van der Waals surface area contributed by atoms with Gasteiger partial charge >= 0.3 is 0 Å². The number of piperidine rings is 1. The molecule has 1 aliphatic heterocycles. The molecule has 4 nitrogen and oxygen atoms in total. The summed E-state index contributed by atoms with van der Waals surface area (Å²) in [5.41, 5.74) is 0. The van der Waals surface area contributed by atoms with Gasteiger partial charge in [-0.15, -0.1) is 0 Å². The van der Waals surface area contributed by atoms with Gasteiger partial charge in [0.25, 0.3) is 0 Å². The molecule has 4 heteroatoms. The minimum absolute atomic E-state index is 0.781. The fraction of sp³-hybridized carbons (Fsp3) is 0.929. The molecule has 1 unspecified atom stereocenters. The van der Waals surface area contributed by atoms with E-state index in [1.54, 1.807) is 0 Å². The summed E-state index contributed by atoms with van der Waals surface area (Å²) in [6, 6.07) is 0. The Hall–Kier alpha value is -0.770. The molecular formula is C14H27N3O. The molecule has 0 amide bonds. The number of nitrogens with zero attached hydrogens (tertiary/aromatic N) is 2. The van der Waals surface area contributed by atoms with Crippen molar-refractivity contribution in [3.8, 4) is 0 Å². The summed E-state index contributed by atoms with van der Waals surface area (Å²) in [4.78, 5) is 6.74. The average Bonchev–Trinajstić information content (AvgIpc) is 3.18. The van der Waals surface area contributed by atoms with Crippen LogP contribution >= 0.6 is 0 Å². The largest absolute Gasteiger partial charge is 0.379 e. The molecule has 0 aromatic rings. The summed E-state index contributed by atoms with van der Waals surface area (Å²) < 4.78 is 5.62. The van der Waals surface area contributed by atoms with Crippen LogP contribution in [0.15, 0.2) is 4.99 Å².